The number of rotatable bonds is 5. The Bertz CT molecular complexity index is 384. The quantitative estimate of drug-likeness (QED) is 0.750. The summed E-state index contributed by atoms with van der Waals surface area (Å²) in [6, 6.07) is 0. The zero-order valence-electron chi connectivity index (χ0n) is 10.7. The highest BCUT2D eigenvalue weighted by atomic mass is 32.2. The lowest BCUT2D eigenvalue weighted by Crippen LogP contribution is -2.44. The Balaban J connectivity index is 2.68. The summed E-state index contributed by atoms with van der Waals surface area (Å²) in [4.78, 5) is 10.5. The predicted octanol–water partition coefficient (Wildman–Crippen LogP) is -0.251. The van der Waals surface area contributed by atoms with Crippen molar-refractivity contribution in [3.05, 3.63) is 0 Å². The first-order valence-corrected chi connectivity index (χ1v) is 7.28. The Kier molecular flexibility index (Phi) is 5.51. The molecule has 1 atom stereocenters. The number of carboxylic acids is 1. The van der Waals surface area contributed by atoms with Gasteiger partial charge in [-0.2, -0.15) is 17.0 Å². The van der Waals surface area contributed by atoms with Crippen molar-refractivity contribution < 1.29 is 23.1 Å². The second-order valence-electron chi connectivity index (χ2n) is 4.37. The summed E-state index contributed by atoms with van der Waals surface area (Å²) < 4.78 is 32.2. The van der Waals surface area contributed by atoms with Crippen LogP contribution in [0.5, 0.6) is 0 Å². The zero-order valence-corrected chi connectivity index (χ0v) is 11.5. The molecule has 1 aliphatic heterocycles. The van der Waals surface area contributed by atoms with Crippen molar-refractivity contribution in [3.63, 3.8) is 0 Å². The largest absolute Gasteiger partial charge is 0.481 e. The van der Waals surface area contributed by atoms with Gasteiger partial charge >= 0.3 is 5.97 Å². The highest BCUT2D eigenvalue weighted by Crippen LogP contribution is 2.13. The van der Waals surface area contributed by atoms with Gasteiger partial charge in [-0.1, -0.05) is 0 Å². The first kappa shape index (κ1) is 15.4. The van der Waals surface area contributed by atoms with Crippen molar-refractivity contribution in [3.8, 4) is 0 Å². The molecule has 1 rings (SSSR count). The molecule has 1 unspecified atom stereocenters. The van der Waals surface area contributed by atoms with Crippen LogP contribution in [0.15, 0.2) is 0 Å². The van der Waals surface area contributed by atoms with Gasteiger partial charge in [0.2, 0.25) is 0 Å². The third kappa shape index (κ3) is 4.20. The molecule has 0 aromatic heterocycles. The summed E-state index contributed by atoms with van der Waals surface area (Å²) in [5.41, 5.74) is 0. The molecule has 0 bridgehead atoms. The van der Waals surface area contributed by atoms with Crippen LogP contribution in [0.4, 0.5) is 0 Å². The molecular weight excluding hydrogens is 260 g/mol. The molecule has 0 radical (unpaired) electrons. The summed E-state index contributed by atoms with van der Waals surface area (Å²) in [6.07, 6.45) is 0.307. The Morgan fingerprint density at radius 2 is 2.22 bits per heavy atom. The molecule has 0 aliphatic carbocycles. The number of carbonyl (C=O) groups is 1. The molecule has 1 heterocycles. The Morgan fingerprint density at radius 1 is 1.56 bits per heavy atom. The Labute approximate surface area is 108 Å². The minimum atomic E-state index is -3.59. The van der Waals surface area contributed by atoms with Gasteiger partial charge in [0.15, 0.2) is 0 Å². The van der Waals surface area contributed by atoms with Crippen LogP contribution in [0.1, 0.15) is 19.8 Å². The van der Waals surface area contributed by atoms with Crippen molar-refractivity contribution in [1.82, 2.24) is 8.61 Å². The van der Waals surface area contributed by atoms with E-state index in [-0.39, 0.29) is 19.1 Å². The van der Waals surface area contributed by atoms with Gasteiger partial charge in [-0.25, -0.2) is 0 Å². The van der Waals surface area contributed by atoms with Crippen LogP contribution in [0.3, 0.4) is 0 Å². The van der Waals surface area contributed by atoms with Gasteiger partial charge in [-0.15, -0.1) is 0 Å². The molecule has 18 heavy (non-hydrogen) atoms. The summed E-state index contributed by atoms with van der Waals surface area (Å²) in [6.45, 7) is 3.06. The fourth-order valence-electron chi connectivity index (χ4n) is 1.73. The van der Waals surface area contributed by atoms with Crippen LogP contribution in [0.2, 0.25) is 0 Å². The van der Waals surface area contributed by atoms with E-state index in [0.29, 0.717) is 26.1 Å². The lowest BCUT2D eigenvalue weighted by molar-refractivity contribution is -0.137. The molecule has 1 saturated heterocycles. The normalized spacial score (nSPS) is 22.9. The van der Waals surface area contributed by atoms with Crippen LogP contribution in [-0.2, 0) is 19.7 Å². The third-order valence-corrected chi connectivity index (χ3v) is 4.73. The summed E-state index contributed by atoms with van der Waals surface area (Å²) in [5.74, 6) is -1.01. The molecule has 1 aliphatic rings. The van der Waals surface area contributed by atoms with Gasteiger partial charge in [0, 0.05) is 33.3 Å². The minimum Gasteiger partial charge on any atom is -0.481 e. The number of carboxylic acid groups (broad SMARTS) is 1. The maximum atomic E-state index is 12.2. The number of ether oxygens (including phenoxy) is 1. The molecule has 0 aromatic carbocycles. The topological polar surface area (TPSA) is 87.2 Å². The van der Waals surface area contributed by atoms with Gasteiger partial charge in [-0.05, 0) is 13.3 Å². The van der Waals surface area contributed by atoms with E-state index in [1.807, 2.05) is 6.92 Å². The maximum Gasteiger partial charge on any atom is 0.304 e. The summed E-state index contributed by atoms with van der Waals surface area (Å²) in [5, 5.41) is 8.57. The minimum absolute atomic E-state index is 0.0244. The third-order valence-electron chi connectivity index (χ3n) is 2.78. The second kappa shape index (κ2) is 6.46. The van der Waals surface area contributed by atoms with E-state index in [1.165, 1.54) is 11.4 Å². The molecule has 0 aromatic rings. The molecule has 7 nitrogen and oxygen atoms in total. The van der Waals surface area contributed by atoms with Crippen molar-refractivity contribution in [2.45, 2.75) is 25.9 Å². The average molecular weight is 280 g/mol. The lowest BCUT2D eigenvalue weighted by atomic mass is 10.4. The van der Waals surface area contributed by atoms with E-state index in [4.69, 9.17) is 9.84 Å². The highest BCUT2D eigenvalue weighted by Gasteiger charge is 2.29. The predicted molar refractivity (Wildman–Crippen MR) is 65.4 cm³/mol. The van der Waals surface area contributed by atoms with E-state index in [2.05, 4.69) is 0 Å². The van der Waals surface area contributed by atoms with Gasteiger partial charge in [0.05, 0.1) is 12.5 Å². The van der Waals surface area contributed by atoms with E-state index in [0.717, 1.165) is 4.31 Å². The van der Waals surface area contributed by atoms with E-state index in [9.17, 15) is 13.2 Å². The molecule has 1 N–H and O–H groups in total. The zero-order chi connectivity index (χ0) is 13.8. The van der Waals surface area contributed by atoms with Crippen LogP contribution in [-0.4, -0.2) is 67.5 Å². The first-order chi connectivity index (χ1) is 8.34. The Morgan fingerprint density at radius 3 is 2.83 bits per heavy atom. The standard InChI is InChI=1S/C10H20N2O5S/c1-9-8-12(5-3-7-17-9)18(15,16)11(2)6-4-10(13)14/h9H,3-8H2,1-2H3,(H,13,14). The monoisotopic (exact) mass is 280 g/mol. The van der Waals surface area contributed by atoms with E-state index < -0.39 is 16.2 Å². The van der Waals surface area contributed by atoms with Crippen molar-refractivity contribution in [2.75, 3.05) is 33.3 Å². The number of hydrogen-bond acceptors (Lipinski definition) is 4. The smallest absolute Gasteiger partial charge is 0.304 e. The fourth-order valence-corrected chi connectivity index (χ4v) is 3.21. The van der Waals surface area contributed by atoms with Gasteiger partial charge in [0.25, 0.3) is 10.2 Å². The maximum absolute atomic E-state index is 12.2. The Hall–Kier alpha value is -0.700. The van der Waals surface area contributed by atoms with Gasteiger partial charge in [0.1, 0.15) is 0 Å². The van der Waals surface area contributed by atoms with Crippen molar-refractivity contribution >= 4 is 16.2 Å². The van der Waals surface area contributed by atoms with Crippen LogP contribution in [0.25, 0.3) is 0 Å². The molecule has 0 spiro atoms. The van der Waals surface area contributed by atoms with Crippen LogP contribution in [0, 0.1) is 0 Å². The lowest BCUT2D eigenvalue weighted by Gasteiger charge is -2.26. The molecule has 0 saturated carbocycles. The molecule has 0 amide bonds. The van der Waals surface area contributed by atoms with Gasteiger partial charge < -0.3 is 9.84 Å². The van der Waals surface area contributed by atoms with Crippen LogP contribution < -0.4 is 0 Å². The number of hydrogen-bond donors (Lipinski definition) is 1. The van der Waals surface area contributed by atoms with Gasteiger partial charge in [-0.3, -0.25) is 4.79 Å². The highest BCUT2D eigenvalue weighted by molar-refractivity contribution is 7.86. The number of nitrogens with zero attached hydrogens (tertiary/aromatic N) is 2. The van der Waals surface area contributed by atoms with Crippen LogP contribution >= 0.6 is 0 Å². The van der Waals surface area contributed by atoms with E-state index in [1.54, 1.807) is 0 Å². The molecular formula is C10H20N2O5S. The van der Waals surface area contributed by atoms with Crippen molar-refractivity contribution in [2.24, 2.45) is 0 Å². The average Bonchev–Trinajstić information content (AvgIpc) is 2.50. The van der Waals surface area contributed by atoms with E-state index >= 15 is 0 Å². The summed E-state index contributed by atoms with van der Waals surface area (Å²) in [7, 11) is -2.19. The number of aliphatic carboxylic acids is 1. The molecule has 8 heteroatoms. The molecule has 106 valence electrons. The second-order valence-corrected chi connectivity index (χ2v) is 6.40. The SMILES string of the molecule is CC1CN(S(=O)(=O)N(C)CCC(=O)O)CCCO1. The van der Waals surface area contributed by atoms with Crippen molar-refractivity contribution in [1.29, 1.82) is 0 Å². The first-order valence-electron chi connectivity index (χ1n) is 5.89. The summed E-state index contributed by atoms with van der Waals surface area (Å²) >= 11 is 0. The fraction of sp³-hybridized carbons (Fsp3) is 0.900. The molecule has 1 fully saturated rings.